The van der Waals surface area contributed by atoms with Crippen molar-refractivity contribution in [3.63, 3.8) is 0 Å². The monoisotopic (exact) mass is 448 g/mol. The maximum absolute atomic E-state index is 2.48. The fourth-order valence-corrected chi connectivity index (χ4v) is 3.65. The molecule has 24 heavy (non-hydrogen) atoms. The zero-order chi connectivity index (χ0) is 17.7. The van der Waals surface area contributed by atoms with Crippen molar-refractivity contribution in [3.05, 3.63) is 47.5 Å². The predicted molar refractivity (Wildman–Crippen MR) is 114 cm³/mol. The average molecular weight is 448 g/mol. The molecule has 0 saturated heterocycles. The first-order valence-corrected chi connectivity index (χ1v) is 11.1. The Morgan fingerprint density at radius 3 is 1.38 bits per heavy atom. The van der Waals surface area contributed by atoms with E-state index in [1.54, 1.807) is 33.7 Å². The molecule has 0 N–H and O–H groups in total. The summed E-state index contributed by atoms with van der Waals surface area (Å²) >= 11 is 3.41. The van der Waals surface area contributed by atoms with Gasteiger partial charge < -0.3 is 0 Å². The summed E-state index contributed by atoms with van der Waals surface area (Å²) in [6.07, 6.45) is 0. The van der Waals surface area contributed by atoms with E-state index in [1.807, 2.05) is 0 Å². The Balaban J connectivity index is 2.09. The van der Waals surface area contributed by atoms with Crippen LogP contribution in [0.15, 0.2) is 36.4 Å². The van der Waals surface area contributed by atoms with Gasteiger partial charge in [-0.25, -0.2) is 0 Å². The van der Waals surface area contributed by atoms with Crippen LogP contribution in [-0.2, 0) is 0 Å². The quantitative estimate of drug-likeness (QED) is 0.588. The van der Waals surface area contributed by atoms with Gasteiger partial charge in [0.2, 0.25) is 0 Å². The van der Waals surface area contributed by atoms with Crippen LogP contribution in [0.4, 0.5) is 11.4 Å². The third-order valence-corrected chi connectivity index (χ3v) is 7.36. The number of anilines is 2. The predicted octanol–water partition coefficient (Wildman–Crippen LogP) is 1.17. The zero-order valence-electron chi connectivity index (χ0n) is 15.3. The number of rotatable bonds is 7. The van der Waals surface area contributed by atoms with E-state index in [4.69, 9.17) is 0 Å². The molecule has 0 saturated carbocycles. The van der Waals surface area contributed by atoms with Gasteiger partial charge in [0, 0.05) is 0 Å². The molecule has 0 aliphatic carbocycles. The van der Waals surface area contributed by atoms with Crippen LogP contribution in [0, 0.1) is 13.8 Å². The molecule has 2 rings (SSSR count). The number of hydrogen-bond donors (Lipinski definition) is 0. The van der Waals surface area contributed by atoms with Crippen LogP contribution >= 0.6 is 0 Å². The van der Waals surface area contributed by atoms with Gasteiger partial charge >= 0.3 is 165 Å². The van der Waals surface area contributed by atoms with E-state index in [9.17, 15) is 0 Å². The summed E-state index contributed by atoms with van der Waals surface area (Å²) in [7, 11) is 0. The van der Waals surface area contributed by atoms with Gasteiger partial charge in [-0.1, -0.05) is 0 Å². The van der Waals surface area contributed by atoms with Crippen molar-refractivity contribution in [3.8, 4) is 0 Å². The minimum absolute atomic E-state index is 1.04. The van der Waals surface area contributed by atoms with Crippen LogP contribution < -0.4 is 18.5 Å². The maximum atomic E-state index is 2.48. The van der Waals surface area contributed by atoms with Crippen molar-refractivity contribution in [1.82, 2.24) is 0 Å². The van der Waals surface area contributed by atoms with E-state index in [-0.39, 0.29) is 0 Å². The summed E-state index contributed by atoms with van der Waals surface area (Å²) in [5.41, 5.74) is 5.48. The Bertz CT molecular complexity index is 626. The molecule has 0 amide bonds. The van der Waals surface area contributed by atoms with E-state index >= 15 is 0 Å². The Hall–Kier alpha value is -0.843. The molecule has 0 aliphatic rings. The summed E-state index contributed by atoms with van der Waals surface area (Å²) in [6, 6.07) is 13.7. The molecule has 0 radical (unpaired) electrons. The Labute approximate surface area is 164 Å². The van der Waals surface area contributed by atoms with E-state index in [2.05, 4.69) is 73.9 Å². The van der Waals surface area contributed by atoms with Crippen LogP contribution in [0.2, 0.25) is 0 Å². The van der Waals surface area contributed by atoms with Crippen molar-refractivity contribution in [2.24, 2.45) is 0 Å². The van der Waals surface area contributed by atoms with Gasteiger partial charge in [-0.3, -0.25) is 0 Å². The summed E-state index contributed by atoms with van der Waals surface area (Å²) in [4.78, 5) is 4.96. The van der Waals surface area contributed by atoms with Crippen LogP contribution in [0.3, 0.4) is 0 Å². The molecular formula is C20H30As2N2. The average Bonchev–Trinajstić information content (AvgIpc) is 2.57. The second-order valence-corrected chi connectivity index (χ2v) is 8.85. The van der Waals surface area contributed by atoms with Crippen molar-refractivity contribution < 1.29 is 0 Å². The molecule has 0 spiro atoms. The number of benzene rings is 2. The topological polar surface area (TPSA) is 6.48 Å². The molecule has 2 aromatic rings. The fourth-order valence-electron chi connectivity index (χ4n) is 2.89. The number of nitrogens with zero attached hydrogens (tertiary/aromatic N) is 2. The Kier molecular flexibility index (Phi) is 7.32. The summed E-state index contributed by atoms with van der Waals surface area (Å²) in [6.45, 7) is 13.1. The third-order valence-electron chi connectivity index (χ3n) is 4.64. The van der Waals surface area contributed by atoms with Crippen molar-refractivity contribution >= 4 is 53.8 Å². The van der Waals surface area contributed by atoms with Gasteiger partial charge in [0.25, 0.3) is 0 Å². The molecule has 4 heteroatoms. The minimum atomic E-state index is 1.04. The number of aryl methyl sites for hydroxylation is 2. The SMILES string of the molecule is CCN(CCN(CC)c1ccc([AsH2])c(C)c1)c1ccc([AsH2])c(C)c1. The van der Waals surface area contributed by atoms with Gasteiger partial charge in [-0.15, -0.1) is 0 Å². The van der Waals surface area contributed by atoms with E-state index in [1.165, 1.54) is 31.2 Å². The fraction of sp³-hybridized carbons (Fsp3) is 0.400. The first kappa shape index (κ1) is 19.5. The van der Waals surface area contributed by atoms with Crippen LogP contribution in [0.5, 0.6) is 0 Å². The molecular weight excluding hydrogens is 418 g/mol. The normalized spacial score (nSPS) is 10.8. The second-order valence-electron chi connectivity index (χ2n) is 6.24. The Morgan fingerprint density at radius 1 is 0.708 bits per heavy atom. The molecule has 2 nitrogen and oxygen atoms in total. The van der Waals surface area contributed by atoms with Crippen LogP contribution in [0.1, 0.15) is 25.0 Å². The van der Waals surface area contributed by atoms with Gasteiger partial charge in [0.05, 0.1) is 0 Å². The molecule has 0 heterocycles. The van der Waals surface area contributed by atoms with E-state index in [0.29, 0.717) is 0 Å². The summed E-state index contributed by atoms with van der Waals surface area (Å²) < 4.78 is 2.85. The van der Waals surface area contributed by atoms with E-state index < -0.39 is 0 Å². The first-order valence-electron chi connectivity index (χ1n) is 8.68. The molecule has 0 aromatic heterocycles. The molecule has 130 valence electrons. The van der Waals surface area contributed by atoms with Crippen molar-refractivity contribution in [1.29, 1.82) is 0 Å². The zero-order valence-corrected chi connectivity index (χ0v) is 20.2. The van der Waals surface area contributed by atoms with Crippen LogP contribution in [-0.4, -0.2) is 59.9 Å². The van der Waals surface area contributed by atoms with E-state index in [0.717, 1.165) is 26.2 Å². The number of hydrogen-bond acceptors (Lipinski definition) is 2. The summed E-state index contributed by atoms with van der Waals surface area (Å²) in [5, 5.41) is 0. The molecule has 2 atom stereocenters. The van der Waals surface area contributed by atoms with Gasteiger partial charge in [-0.2, -0.15) is 0 Å². The van der Waals surface area contributed by atoms with Crippen molar-refractivity contribution in [2.75, 3.05) is 36.0 Å². The molecule has 2 aromatic carbocycles. The second kappa shape index (κ2) is 9.02. The van der Waals surface area contributed by atoms with Crippen molar-refractivity contribution in [2.45, 2.75) is 27.7 Å². The van der Waals surface area contributed by atoms with Gasteiger partial charge in [0.1, 0.15) is 0 Å². The van der Waals surface area contributed by atoms with Gasteiger partial charge in [0.15, 0.2) is 0 Å². The molecule has 0 aliphatic heterocycles. The first-order chi connectivity index (χ1) is 11.5. The standard InChI is InChI=1S/C20H30As2N2/c1-5-23(17-7-9-19(21)15(3)13-17)11-12-24(6-2)18-8-10-20(22)16(4)14-18/h7-10,13-14H,5-6,11-12,21-22H2,1-4H3. The molecule has 0 bridgehead atoms. The molecule has 0 fully saturated rings. The molecule has 2 unspecified atom stereocenters. The van der Waals surface area contributed by atoms with Crippen LogP contribution in [0.25, 0.3) is 0 Å². The summed E-state index contributed by atoms with van der Waals surface area (Å²) in [5.74, 6) is 0. The van der Waals surface area contributed by atoms with Gasteiger partial charge in [-0.05, 0) is 0 Å². The third kappa shape index (κ3) is 4.84. The number of likely N-dealkylation sites (N-methyl/N-ethyl adjacent to an activating group) is 2. The Morgan fingerprint density at radius 2 is 1.08 bits per heavy atom.